The Labute approximate surface area is 73.8 Å². The summed E-state index contributed by atoms with van der Waals surface area (Å²) in [6, 6.07) is 10.5. The Balaban J connectivity index is 2.75. The maximum atomic E-state index is 5.25. The SMILES string of the molecule is C#CCC(NC)c1ccccc1. The van der Waals surface area contributed by atoms with E-state index < -0.39 is 0 Å². The zero-order chi connectivity index (χ0) is 8.81. The minimum Gasteiger partial charge on any atom is -0.312 e. The Morgan fingerprint density at radius 2 is 2.08 bits per heavy atom. The summed E-state index contributed by atoms with van der Waals surface area (Å²) < 4.78 is 0. The van der Waals surface area contributed by atoms with Crippen LogP contribution in [0.5, 0.6) is 0 Å². The van der Waals surface area contributed by atoms with Gasteiger partial charge in [-0.3, -0.25) is 0 Å². The summed E-state index contributed by atoms with van der Waals surface area (Å²) in [5.74, 6) is 2.65. The maximum Gasteiger partial charge on any atom is 0.0428 e. The van der Waals surface area contributed by atoms with Crippen LogP contribution in [0.15, 0.2) is 30.3 Å². The second-order valence-electron chi connectivity index (χ2n) is 2.66. The average molecular weight is 159 g/mol. The number of rotatable bonds is 3. The summed E-state index contributed by atoms with van der Waals surface area (Å²) in [4.78, 5) is 0. The van der Waals surface area contributed by atoms with Gasteiger partial charge in [0.05, 0.1) is 0 Å². The predicted octanol–water partition coefficient (Wildman–Crippen LogP) is 1.97. The Kier molecular flexibility index (Phi) is 3.37. The van der Waals surface area contributed by atoms with E-state index in [1.165, 1.54) is 5.56 Å². The molecule has 0 radical (unpaired) electrons. The Morgan fingerprint density at radius 3 is 2.58 bits per heavy atom. The standard InChI is InChI=1S/C11H13N/c1-3-7-11(12-2)10-8-5-4-6-9-10/h1,4-6,8-9,11-12H,7H2,2H3. The van der Waals surface area contributed by atoms with Crippen LogP contribution in [0.3, 0.4) is 0 Å². The summed E-state index contributed by atoms with van der Waals surface area (Å²) >= 11 is 0. The summed E-state index contributed by atoms with van der Waals surface area (Å²) in [5.41, 5.74) is 1.25. The molecule has 0 amide bonds. The summed E-state index contributed by atoms with van der Waals surface area (Å²) in [5, 5.41) is 3.18. The van der Waals surface area contributed by atoms with E-state index in [0.717, 1.165) is 6.42 Å². The van der Waals surface area contributed by atoms with Crippen LogP contribution in [0.1, 0.15) is 18.0 Å². The zero-order valence-electron chi connectivity index (χ0n) is 7.25. The van der Waals surface area contributed by atoms with Crippen molar-refractivity contribution in [3.05, 3.63) is 35.9 Å². The van der Waals surface area contributed by atoms with E-state index in [2.05, 4.69) is 23.4 Å². The third-order valence-electron chi connectivity index (χ3n) is 1.87. The second-order valence-corrected chi connectivity index (χ2v) is 2.66. The zero-order valence-corrected chi connectivity index (χ0v) is 7.25. The van der Waals surface area contributed by atoms with Gasteiger partial charge in [0.15, 0.2) is 0 Å². The fraction of sp³-hybridized carbons (Fsp3) is 0.273. The molecule has 0 bridgehead atoms. The van der Waals surface area contributed by atoms with E-state index in [1.54, 1.807) is 0 Å². The van der Waals surface area contributed by atoms with Gasteiger partial charge in [0.1, 0.15) is 0 Å². The van der Waals surface area contributed by atoms with Gasteiger partial charge in [0, 0.05) is 12.5 Å². The molecule has 1 nitrogen and oxygen atoms in total. The molecule has 0 saturated carbocycles. The highest BCUT2D eigenvalue weighted by Gasteiger charge is 2.04. The summed E-state index contributed by atoms with van der Waals surface area (Å²) in [7, 11) is 1.93. The Bertz CT molecular complexity index is 258. The highest BCUT2D eigenvalue weighted by molar-refractivity contribution is 5.20. The molecular weight excluding hydrogens is 146 g/mol. The molecule has 0 aromatic heterocycles. The van der Waals surface area contributed by atoms with Crippen molar-refractivity contribution >= 4 is 0 Å². The first-order chi connectivity index (χ1) is 5.88. The fourth-order valence-electron chi connectivity index (χ4n) is 1.19. The lowest BCUT2D eigenvalue weighted by Crippen LogP contribution is -2.15. The molecule has 1 rings (SSSR count). The third kappa shape index (κ3) is 2.11. The minimum absolute atomic E-state index is 0.288. The number of hydrogen-bond acceptors (Lipinski definition) is 1. The lowest BCUT2D eigenvalue weighted by atomic mass is 10.0. The van der Waals surface area contributed by atoms with E-state index in [0.29, 0.717) is 0 Å². The number of terminal acetylenes is 1. The predicted molar refractivity (Wildman–Crippen MR) is 51.7 cm³/mol. The van der Waals surface area contributed by atoms with Crippen molar-refractivity contribution in [3.63, 3.8) is 0 Å². The van der Waals surface area contributed by atoms with Crippen LogP contribution in [-0.4, -0.2) is 7.05 Å². The molecule has 0 aliphatic rings. The first-order valence-electron chi connectivity index (χ1n) is 4.04. The van der Waals surface area contributed by atoms with Gasteiger partial charge in [0.2, 0.25) is 0 Å². The maximum absolute atomic E-state index is 5.25. The van der Waals surface area contributed by atoms with Crippen molar-refractivity contribution in [2.24, 2.45) is 0 Å². The quantitative estimate of drug-likeness (QED) is 0.665. The van der Waals surface area contributed by atoms with E-state index in [1.807, 2.05) is 25.2 Å². The lowest BCUT2D eigenvalue weighted by Gasteiger charge is -2.12. The van der Waals surface area contributed by atoms with E-state index >= 15 is 0 Å². The van der Waals surface area contributed by atoms with Gasteiger partial charge in [0.25, 0.3) is 0 Å². The third-order valence-corrected chi connectivity index (χ3v) is 1.87. The highest BCUT2D eigenvalue weighted by atomic mass is 14.9. The van der Waals surface area contributed by atoms with Crippen LogP contribution >= 0.6 is 0 Å². The van der Waals surface area contributed by atoms with Crippen molar-refractivity contribution in [2.75, 3.05) is 7.05 Å². The van der Waals surface area contributed by atoms with Gasteiger partial charge < -0.3 is 5.32 Å². The molecule has 1 heteroatoms. The van der Waals surface area contributed by atoms with E-state index in [4.69, 9.17) is 6.42 Å². The minimum atomic E-state index is 0.288. The van der Waals surface area contributed by atoms with Crippen LogP contribution in [0, 0.1) is 12.3 Å². The molecule has 1 aromatic carbocycles. The van der Waals surface area contributed by atoms with Gasteiger partial charge in [-0.1, -0.05) is 30.3 Å². The smallest absolute Gasteiger partial charge is 0.0428 e. The molecular formula is C11H13N. The monoisotopic (exact) mass is 159 g/mol. The molecule has 0 fully saturated rings. The molecule has 1 aromatic rings. The molecule has 0 aliphatic heterocycles. The van der Waals surface area contributed by atoms with Crippen molar-refractivity contribution in [2.45, 2.75) is 12.5 Å². The van der Waals surface area contributed by atoms with Crippen LogP contribution in [-0.2, 0) is 0 Å². The van der Waals surface area contributed by atoms with Crippen LogP contribution in [0.4, 0.5) is 0 Å². The van der Waals surface area contributed by atoms with Gasteiger partial charge >= 0.3 is 0 Å². The van der Waals surface area contributed by atoms with E-state index in [-0.39, 0.29) is 6.04 Å². The van der Waals surface area contributed by atoms with Gasteiger partial charge in [-0.25, -0.2) is 0 Å². The molecule has 1 unspecified atom stereocenters. The van der Waals surface area contributed by atoms with Crippen molar-refractivity contribution in [3.8, 4) is 12.3 Å². The van der Waals surface area contributed by atoms with Gasteiger partial charge in [-0.2, -0.15) is 0 Å². The van der Waals surface area contributed by atoms with Crippen molar-refractivity contribution in [1.82, 2.24) is 5.32 Å². The normalized spacial score (nSPS) is 12.0. The van der Waals surface area contributed by atoms with Crippen LogP contribution < -0.4 is 5.32 Å². The largest absolute Gasteiger partial charge is 0.312 e. The van der Waals surface area contributed by atoms with E-state index in [9.17, 15) is 0 Å². The van der Waals surface area contributed by atoms with Gasteiger partial charge in [-0.05, 0) is 12.6 Å². The van der Waals surface area contributed by atoms with Crippen molar-refractivity contribution in [1.29, 1.82) is 0 Å². The molecule has 1 N–H and O–H groups in total. The van der Waals surface area contributed by atoms with Crippen LogP contribution in [0.2, 0.25) is 0 Å². The average Bonchev–Trinajstić information content (AvgIpc) is 2.15. The molecule has 0 saturated heterocycles. The molecule has 1 atom stereocenters. The topological polar surface area (TPSA) is 12.0 Å². The first kappa shape index (κ1) is 8.83. The Hall–Kier alpha value is -1.26. The highest BCUT2D eigenvalue weighted by Crippen LogP contribution is 2.14. The lowest BCUT2D eigenvalue weighted by molar-refractivity contribution is 0.611. The number of hydrogen-bond donors (Lipinski definition) is 1. The summed E-state index contributed by atoms with van der Waals surface area (Å²) in [6.07, 6.45) is 5.99. The molecule has 0 aliphatic carbocycles. The fourth-order valence-corrected chi connectivity index (χ4v) is 1.19. The first-order valence-corrected chi connectivity index (χ1v) is 4.04. The molecule has 0 spiro atoms. The summed E-state index contributed by atoms with van der Waals surface area (Å²) in [6.45, 7) is 0. The van der Waals surface area contributed by atoms with Crippen LogP contribution in [0.25, 0.3) is 0 Å². The number of nitrogens with one attached hydrogen (secondary N) is 1. The second kappa shape index (κ2) is 4.58. The number of benzene rings is 1. The van der Waals surface area contributed by atoms with Crippen molar-refractivity contribution < 1.29 is 0 Å². The molecule has 0 heterocycles. The molecule has 12 heavy (non-hydrogen) atoms. The molecule has 62 valence electrons. The van der Waals surface area contributed by atoms with Gasteiger partial charge in [-0.15, -0.1) is 12.3 Å². The Morgan fingerprint density at radius 1 is 1.42 bits per heavy atom.